The highest BCUT2D eigenvalue weighted by Gasteiger charge is 2.29. The monoisotopic (exact) mass is 318 g/mol. The fourth-order valence-electron chi connectivity index (χ4n) is 1.98. The first-order chi connectivity index (χ1) is 9.47. The van der Waals surface area contributed by atoms with Crippen molar-refractivity contribution in [2.75, 3.05) is 13.1 Å². The molecule has 1 rings (SSSR count). The maximum absolute atomic E-state index is 12.8. The van der Waals surface area contributed by atoms with Crippen molar-refractivity contribution in [1.29, 1.82) is 0 Å². The van der Waals surface area contributed by atoms with Gasteiger partial charge in [0.15, 0.2) is 0 Å². The minimum Gasteiger partial charge on any atom is -0.330 e. The summed E-state index contributed by atoms with van der Waals surface area (Å²) in [5.74, 6) is 0. The van der Waals surface area contributed by atoms with Gasteiger partial charge < -0.3 is 5.73 Å². The van der Waals surface area contributed by atoms with E-state index in [0.29, 0.717) is 17.3 Å². The van der Waals surface area contributed by atoms with Gasteiger partial charge in [-0.3, -0.25) is 0 Å². The zero-order valence-electron chi connectivity index (χ0n) is 12.6. The van der Waals surface area contributed by atoms with E-state index in [-0.39, 0.29) is 6.04 Å². The van der Waals surface area contributed by atoms with Crippen LogP contribution in [0.1, 0.15) is 44.9 Å². The molecular formula is C14H26N2O2S2. The van der Waals surface area contributed by atoms with E-state index in [1.54, 1.807) is 10.4 Å². The molecule has 6 heteroatoms. The lowest BCUT2D eigenvalue weighted by atomic mass is 10.2. The first-order valence-electron chi connectivity index (χ1n) is 7.28. The van der Waals surface area contributed by atoms with Crippen molar-refractivity contribution >= 4 is 21.4 Å². The third-order valence-corrected chi connectivity index (χ3v) is 7.03. The highest BCUT2D eigenvalue weighted by molar-refractivity contribution is 7.91. The quantitative estimate of drug-likeness (QED) is 0.761. The van der Waals surface area contributed by atoms with Crippen LogP contribution < -0.4 is 5.73 Å². The molecule has 1 heterocycles. The molecule has 0 aliphatic carbocycles. The Labute approximate surface area is 127 Å². The summed E-state index contributed by atoms with van der Waals surface area (Å²) in [4.78, 5) is 1.03. The molecule has 2 N–H and O–H groups in total. The molecule has 1 aromatic rings. The maximum atomic E-state index is 12.8. The first kappa shape index (κ1) is 17.6. The van der Waals surface area contributed by atoms with Crippen molar-refractivity contribution < 1.29 is 8.42 Å². The smallest absolute Gasteiger partial charge is 0.252 e. The number of nitrogens with zero attached hydrogens (tertiary/aromatic N) is 1. The van der Waals surface area contributed by atoms with Crippen LogP contribution >= 0.6 is 11.3 Å². The van der Waals surface area contributed by atoms with E-state index in [1.807, 2.05) is 19.9 Å². The number of unbranched alkanes of at least 4 members (excludes halogenated alkanes) is 1. The summed E-state index contributed by atoms with van der Waals surface area (Å²) < 4.78 is 27.6. The van der Waals surface area contributed by atoms with Crippen molar-refractivity contribution in [3.63, 3.8) is 0 Å². The molecule has 0 radical (unpaired) electrons. The van der Waals surface area contributed by atoms with Gasteiger partial charge in [0.1, 0.15) is 4.21 Å². The van der Waals surface area contributed by atoms with Gasteiger partial charge in [-0.25, -0.2) is 8.42 Å². The van der Waals surface area contributed by atoms with E-state index in [2.05, 4.69) is 6.92 Å². The Morgan fingerprint density at radius 3 is 2.60 bits per heavy atom. The summed E-state index contributed by atoms with van der Waals surface area (Å²) in [6.45, 7) is 7.21. The second-order valence-corrected chi connectivity index (χ2v) is 8.27. The summed E-state index contributed by atoms with van der Waals surface area (Å²) >= 11 is 1.34. The van der Waals surface area contributed by atoms with Crippen molar-refractivity contribution in [3.05, 3.63) is 17.0 Å². The van der Waals surface area contributed by atoms with Crippen molar-refractivity contribution in [3.8, 4) is 0 Å². The van der Waals surface area contributed by atoms with Crippen LogP contribution in [-0.4, -0.2) is 31.9 Å². The Morgan fingerprint density at radius 2 is 2.05 bits per heavy atom. The molecule has 0 aliphatic rings. The normalized spacial score (nSPS) is 13.8. The molecule has 0 bridgehead atoms. The first-order valence-corrected chi connectivity index (χ1v) is 9.53. The van der Waals surface area contributed by atoms with Crippen LogP contribution in [0.4, 0.5) is 0 Å². The lowest BCUT2D eigenvalue weighted by Gasteiger charge is -2.26. The molecule has 0 aliphatic heterocycles. The summed E-state index contributed by atoms with van der Waals surface area (Å²) in [5.41, 5.74) is 5.52. The number of nitrogens with two attached hydrogens (primary N) is 1. The van der Waals surface area contributed by atoms with E-state index < -0.39 is 10.0 Å². The van der Waals surface area contributed by atoms with Gasteiger partial charge in [-0.05, 0) is 44.9 Å². The number of hydrogen-bond acceptors (Lipinski definition) is 4. The number of rotatable bonds is 9. The largest absolute Gasteiger partial charge is 0.330 e. The average molecular weight is 319 g/mol. The van der Waals surface area contributed by atoms with E-state index in [0.717, 1.165) is 30.6 Å². The number of thiophene rings is 1. The Bertz CT molecular complexity index is 497. The van der Waals surface area contributed by atoms with Crippen molar-refractivity contribution in [2.24, 2.45) is 5.73 Å². The molecule has 4 nitrogen and oxygen atoms in total. The van der Waals surface area contributed by atoms with E-state index in [4.69, 9.17) is 5.73 Å². The average Bonchev–Trinajstić information content (AvgIpc) is 2.88. The molecule has 0 saturated heterocycles. The van der Waals surface area contributed by atoms with E-state index in [1.165, 1.54) is 11.3 Å². The van der Waals surface area contributed by atoms with Crippen LogP contribution in [-0.2, 0) is 16.4 Å². The highest BCUT2D eigenvalue weighted by atomic mass is 32.2. The molecule has 0 spiro atoms. The van der Waals surface area contributed by atoms with Gasteiger partial charge in [0, 0.05) is 17.5 Å². The Morgan fingerprint density at radius 1 is 1.35 bits per heavy atom. The third-order valence-electron chi connectivity index (χ3n) is 3.41. The van der Waals surface area contributed by atoms with Crippen LogP contribution in [0.5, 0.6) is 0 Å². The highest BCUT2D eigenvalue weighted by Crippen LogP contribution is 2.27. The lowest BCUT2D eigenvalue weighted by molar-refractivity contribution is 0.325. The van der Waals surface area contributed by atoms with Gasteiger partial charge in [-0.15, -0.1) is 11.3 Å². The summed E-state index contributed by atoms with van der Waals surface area (Å²) in [6.07, 6.45) is 3.44. The Hall–Kier alpha value is -0.430. The lowest BCUT2D eigenvalue weighted by Crippen LogP contribution is -2.38. The minimum atomic E-state index is -3.37. The summed E-state index contributed by atoms with van der Waals surface area (Å²) in [7, 11) is -3.37. The van der Waals surface area contributed by atoms with Gasteiger partial charge >= 0.3 is 0 Å². The summed E-state index contributed by atoms with van der Waals surface area (Å²) in [6, 6.07) is 3.62. The molecule has 0 fully saturated rings. The SMILES string of the molecule is CCCCN(C(C)CC)S(=O)(=O)c1ccc(CCN)s1. The Kier molecular flexibility index (Phi) is 7.15. The van der Waals surface area contributed by atoms with Crippen LogP contribution in [0.25, 0.3) is 0 Å². The molecule has 0 amide bonds. The van der Waals surface area contributed by atoms with Gasteiger partial charge in [-0.1, -0.05) is 20.3 Å². The van der Waals surface area contributed by atoms with Gasteiger partial charge in [-0.2, -0.15) is 4.31 Å². The molecule has 20 heavy (non-hydrogen) atoms. The summed E-state index contributed by atoms with van der Waals surface area (Å²) in [5, 5.41) is 0. The predicted molar refractivity (Wildman–Crippen MR) is 85.6 cm³/mol. The van der Waals surface area contributed by atoms with Crippen LogP contribution in [0, 0.1) is 0 Å². The molecule has 1 aromatic heterocycles. The minimum absolute atomic E-state index is 0.0339. The van der Waals surface area contributed by atoms with Crippen molar-refractivity contribution in [1.82, 2.24) is 4.31 Å². The zero-order valence-corrected chi connectivity index (χ0v) is 14.3. The maximum Gasteiger partial charge on any atom is 0.252 e. The molecule has 0 saturated carbocycles. The molecule has 116 valence electrons. The van der Waals surface area contributed by atoms with E-state index >= 15 is 0 Å². The van der Waals surface area contributed by atoms with Crippen molar-refractivity contribution in [2.45, 2.75) is 56.7 Å². The molecule has 1 unspecified atom stereocenters. The van der Waals surface area contributed by atoms with Gasteiger partial charge in [0.2, 0.25) is 0 Å². The van der Waals surface area contributed by atoms with Crippen LogP contribution in [0.15, 0.2) is 16.3 Å². The fraction of sp³-hybridized carbons (Fsp3) is 0.714. The van der Waals surface area contributed by atoms with Crippen LogP contribution in [0.2, 0.25) is 0 Å². The van der Waals surface area contributed by atoms with Gasteiger partial charge in [0.25, 0.3) is 10.0 Å². The fourth-order valence-corrected chi connectivity index (χ4v) is 5.23. The second-order valence-electron chi connectivity index (χ2n) is 4.99. The van der Waals surface area contributed by atoms with E-state index in [9.17, 15) is 8.42 Å². The molecule has 1 atom stereocenters. The Balaban J connectivity index is 3.01. The third kappa shape index (κ3) is 4.28. The zero-order chi connectivity index (χ0) is 15.2. The number of hydrogen-bond donors (Lipinski definition) is 1. The number of sulfonamides is 1. The molecule has 0 aromatic carbocycles. The van der Waals surface area contributed by atoms with Crippen LogP contribution in [0.3, 0.4) is 0 Å². The standard InChI is InChI=1S/C14H26N2O2S2/c1-4-6-11-16(12(3)5-2)20(17,18)14-8-7-13(19-14)9-10-15/h7-8,12H,4-6,9-11,15H2,1-3H3. The van der Waals surface area contributed by atoms with Gasteiger partial charge in [0.05, 0.1) is 0 Å². The topological polar surface area (TPSA) is 63.4 Å². The predicted octanol–water partition coefficient (Wildman–Crippen LogP) is 2.84. The second kappa shape index (κ2) is 8.12. The molecular weight excluding hydrogens is 292 g/mol.